The topological polar surface area (TPSA) is 40.5 Å². The van der Waals surface area contributed by atoms with E-state index in [4.69, 9.17) is 5.11 Å². The van der Waals surface area contributed by atoms with Gasteiger partial charge in [-0.3, -0.25) is 0 Å². The summed E-state index contributed by atoms with van der Waals surface area (Å²) in [6.07, 6.45) is 1.62. The Balaban J connectivity index is 3.91. The second-order valence-electron chi connectivity index (χ2n) is 3.38. The van der Waals surface area contributed by atoms with Gasteiger partial charge in [-0.25, -0.2) is 0 Å². The van der Waals surface area contributed by atoms with Crippen LogP contribution in [-0.2, 0) is 0 Å². The lowest BCUT2D eigenvalue weighted by atomic mass is 10.0. The average molecular weight is 170 g/mol. The van der Waals surface area contributed by atoms with E-state index in [1.807, 2.05) is 6.92 Å². The predicted octanol–water partition coefficient (Wildman–Crippen LogP) is 1.31. The largest absolute Gasteiger partial charge is 0.392 e. The Morgan fingerprint density at radius 1 is 1.50 bits per heavy atom. The first-order chi connectivity index (χ1) is 5.48. The van der Waals surface area contributed by atoms with Crippen LogP contribution in [0.3, 0.4) is 0 Å². The molecule has 0 amide bonds. The Morgan fingerprint density at radius 2 is 2.08 bits per heavy atom. The van der Waals surface area contributed by atoms with E-state index in [1.165, 1.54) is 0 Å². The Morgan fingerprint density at radius 3 is 2.50 bits per heavy atom. The van der Waals surface area contributed by atoms with Crippen LogP contribution < -0.4 is 0 Å². The van der Waals surface area contributed by atoms with Crippen LogP contribution in [0.2, 0.25) is 0 Å². The van der Waals surface area contributed by atoms with Gasteiger partial charge in [0.15, 0.2) is 0 Å². The molecule has 12 heavy (non-hydrogen) atoms. The SMILES string of the molecule is CCCC(C)(O)C#CCC(C)O. The number of aliphatic hydroxyl groups excluding tert-OH is 1. The highest BCUT2D eigenvalue weighted by Gasteiger charge is 2.14. The minimum Gasteiger partial charge on any atom is -0.392 e. The molecule has 2 N–H and O–H groups in total. The van der Waals surface area contributed by atoms with Crippen molar-refractivity contribution < 1.29 is 10.2 Å². The first kappa shape index (κ1) is 11.5. The fourth-order valence-electron chi connectivity index (χ4n) is 0.938. The first-order valence-corrected chi connectivity index (χ1v) is 4.38. The number of hydrogen-bond donors (Lipinski definition) is 2. The number of hydrogen-bond acceptors (Lipinski definition) is 2. The predicted molar refractivity (Wildman–Crippen MR) is 49.6 cm³/mol. The van der Waals surface area contributed by atoms with Crippen LogP contribution in [0, 0.1) is 11.8 Å². The van der Waals surface area contributed by atoms with Gasteiger partial charge in [0.1, 0.15) is 5.60 Å². The smallest absolute Gasteiger partial charge is 0.122 e. The summed E-state index contributed by atoms with van der Waals surface area (Å²) in [6.45, 7) is 5.39. The highest BCUT2D eigenvalue weighted by Crippen LogP contribution is 2.09. The third kappa shape index (κ3) is 6.21. The molecular formula is C10H18O2. The van der Waals surface area contributed by atoms with Gasteiger partial charge in [0.2, 0.25) is 0 Å². The summed E-state index contributed by atoms with van der Waals surface area (Å²) in [5.41, 5.74) is -0.885. The molecular weight excluding hydrogens is 152 g/mol. The van der Waals surface area contributed by atoms with Gasteiger partial charge in [-0.15, -0.1) is 0 Å². The van der Waals surface area contributed by atoms with Crippen molar-refractivity contribution in [2.24, 2.45) is 0 Å². The molecule has 0 aromatic rings. The molecule has 0 aromatic heterocycles. The molecule has 0 heterocycles. The van der Waals surface area contributed by atoms with E-state index in [-0.39, 0.29) is 0 Å². The summed E-state index contributed by atoms with van der Waals surface area (Å²) >= 11 is 0. The minimum absolute atomic E-state index is 0.407. The highest BCUT2D eigenvalue weighted by molar-refractivity contribution is 5.12. The molecule has 0 saturated carbocycles. The van der Waals surface area contributed by atoms with Crippen LogP contribution in [0.1, 0.15) is 40.0 Å². The lowest BCUT2D eigenvalue weighted by Crippen LogP contribution is -2.20. The number of aliphatic hydroxyl groups is 2. The molecule has 0 fully saturated rings. The Hall–Kier alpha value is -0.520. The zero-order valence-electron chi connectivity index (χ0n) is 8.09. The number of rotatable bonds is 3. The van der Waals surface area contributed by atoms with Crippen LogP contribution in [0.4, 0.5) is 0 Å². The molecule has 0 bridgehead atoms. The molecule has 2 atom stereocenters. The van der Waals surface area contributed by atoms with Crippen LogP contribution in [0.15, 0.2) is 0 Å². The molecule has 0 saturated heterocycles. The molecule has 0 aromatic carbocycles. The third-order valence-corrected chi connectivity index (χ3v) is 1.49. The summed E-state index contributed by atoms with van der Waals surface area (Å²) in [4.78, 5) is 0. The Labute approximate surface area is 74.6 Å². The second-order valence-corrected chi connectivity index (χ2v) is 3.38. The van der Waals surface area contributed by atoms with Crippen LogP contribution in [-0.4, -0.2) is 21.9 Å². The molecule has 0 radical (unpaired) electrons. The average Bonchev–Trinajstić information content (AvgIpc) is 1.85. The van der Waals surface area contributed by atoms with Gasteiger partial charge in [0.05, 0.1) is 6.10 Å². The molecule has 0 rings (SSSR count). The molecule has 0 aliphatic carbocycles. The van der Waals surface area contributed by atoms with Gasteiger partial charge < -0.3 is 10.2 Å². The van der Waals surface area contributed by atoms with E-state index >= 15 is 0 Å². The van der Waals surface area contributed by atoms with Gasteiger partial charge in [0, 0.05) is 6.42 Å². The minimum atomic E-state index is -0.885. The summed E-state index contributed by atoms with van der Waals surface area (Å²) in [5.74, 6) is 5.50. The van der Waals surface area contributed by atoms with Crippen LogP contribution in [0.25, 0.3) is 0 Å². The molecule has 0 aliphatic heterocycles. The van der Waals surface area contributed by atoms with Gasteiger partial charge in [-0.05, 0) is 20.3 Å². The standard InChI is InChI=1S/C10H18O2/c1-4-7-10(3,12)8-5-6-9(2)11/h9,11-12H,4,6-7H2,1-3H3. The lowest BCUT2D eigenvalue weighted by molar-refractivity contribution is 0.111. The van der Waals surface area contributed by atoms with Gasteiger partial charge in [0.25, 0.3) is 0 Å². The summed E-state index contributed by atoms with van der Waals surface area (Å²) in [6, 6.07) is 0. The van der Waals surface area contributed by atoms with Crippen molar-refractivity contribution in [3.8, 4) is 11.8 Å². The third-order valence-electron chi connectivity index (χ3n) is 1.49. The second kappa shape index (κ2) is 5.18. The summed E-state index contributed by atoms with van der Waals surface area (Å²) < 4.78 is 0. The molecule has 70 valence electrons. The van der Waals surface area contributed by atoms with E-state index in [0.717, 1.165) is 6.42 Å². The van der Waals surface area contributed by atoms with Crippen molar-refractivity contribution in [1.29, 1.82) is 0 Å². The van der Waals surface area contributed by atoms with Crippen LogP contribution in [0.5, 0.6) is 0 Å². The zero-order chi connectivity index (χ0) is 9.61. The van der Waals surface area contributed by atoms with E-state index in [9.17, 15) is 5.11 Å². The highest BCUT2D eigenvalue weighted by atomic mass is 16.3. The first-order valence-electron chi connectivity index (χ1n) is 4.38. The van der Waals surface area contributed by atoms with E-state index < -0.39 is 11.7 Å². The maximum absolute atomic E-state index is 9.57. The van der Waals surface area contributed by atoms with Crippen molar-refractivity contribution in [3.63, 3.8) is 0 Å². The monoisotopic (exact) mass is 170 g/mol. The van der Waals surface area contributed by atoms with Gasteiger partial charge in [-0.1, -0.05) is 25.2 Å². The summed E-state index contributed by atoms with van der Waals surface area (Å²) in [5, 5.41) is 18.5. The van der Waals surface area contributed by atoms with Crippen molar-refractivity contribution in [1.82, 2.24) is 0 Å². The van der Waals surface area contributed by atoms with E-state index in [0.29, 0.717) is 12.8 Å². The quantitative estimate of drug-likeness (QED) is 0.627. The van der Waals surface area contributed by atoms with Crippen LogP contribution >= 0.6 is 0 Å². The molecule has 0 aliphatic rings. The van der Waals surface area contributed by atoms with Crippen molar-refractivity contribution in [2.45, 2.75) is 51.7 Å². The Bertz CT molecular complexity index is 172. The maximum atomic E-state index is 9.57. The molecule has 2 unspecified atom stereocenters. The fraction of sp³-hybridized carbons (Fsp3) is 0.800. The summed E-state index contributed by atoms with van der Waals surface area (Å²) in [7, 11) is 0. The van der Waals surface area contributed by atoms with Crippen molar-refractivity contribution >= 4 is 0 Å². The zero-order valence-corrected chi connectivity index (χ0v) is 8.09. The van der Waals surface area contributed by atoms with E-state index in [2.05, 4.69) is 11.8 Å². The van der Waals surface area contributed by atoms with E-state index in [1.54, 1.807) is 13.8 Å². The molecule has 2 heteroatoms. The van der Waals surface area contributed by atoms with Crippen molar-refractivity contribution in [2.75, 3.05) is 0 Å². The lowest BCUT2D eigenvalue weighted by Gasteiger charge is -2.14. The van der Waals surface area contributed by atoms with Gasteiger partial charge >= 0.3 is 0 Å². The fourth-order valence-corrected chi connectivity index (χ4v) is 0.938. The normalized spacial score (nSPS) is 17.4. The molecule has 0 spiro atoms. The van der Waals surface area contributed by atoms with Crippen molar-refractivity contribution in [3.05, 3.63) is 0 Å². The molecule has 2 nitrogen and oxygen atoms in total. The van der Waals surface area contributed by atoms with Gasteiger partial charge in [-0.2, -0.15) is 0 Å². The maximum Gasteiger partial charge on any atom is 0.122 e. The Kier molecular flexibility index (Phi) is 4.96.